The molecule has 0 radical (unpaired) electrons. The van der Waals surface area contributed by atoms with Crippen LogP contribution in [0, 0.1) is 0 Å². The number of nitrogens with zero attached hydrogens (tertiary/aromatic N) is 1. The van der Waals surface area contributed by atoms with Gasteiger partial charge in [-0.05, 0) is 12.5 Å². The highest BCUT2D eigenvalue weighted by atomic mass is 16.2. The number of allylic oxidation sites excluding steroid dienone is 2. The molecule has 4 nitrogen and oxygen atoms in total. The Kier molecular flexibility index (Phi) is 2.84. The molecule has 0 spiro atoms. The minimum atomic E-state index is -0.588. The van der Waals surface area contributed by atoms with E-state index in [4.69, 9.17) is 5.73 Å². The summed E-state index contributed by atoms with van der Waals surface area (Å²) in [7, 11) is 0. The Morgan fingerprint density at radius 1 is 1.62 bits per heavy atom. The van der Waals surface area contributed by atoms with Crippen molar-refractivity contribution in [2.75, 3.05) is 6.54 Å². The summed E-state index contributed by atoms with van der Waals surface area (Å²) in [5.74, 6) is -0.637. The largest absolute Gasteiger partial charge is 0.364 e. The lowest BCUT2D eigenvalue weighted by Gasteiger charge is -2.15. The normalized spacial score (nSPS) is 17.7. The van der Waals surface area contributed by atoms with Crippen molar-refractivity contribution < 1.29 is 9.59 Å². The lowest BCUT2D eigenvalue weighted by molar-refractivity contribution is -0.128. The monoisotopic (exact) mass is 180 g/mol. The number of rotatable bonds is 3. The van der Waals surface area contributed by atoms with Gasteiger partial charge >= 0.3 is 0 Å². The van der Waals surface area contributed by atoms with E-state index < -0.39 is 5.91 Å². The summed E-state index contributed by atoms with van der Waals surface area (Å²) in [6.07, 6.45) is 4.18. The zero-order valence-corrected chi connectivity index (χ0v) is 7.32. The van der Waals surface area contributed by atoms with Gasteiger partial charge in [0.1, 0.15) is 5.70 Å². The van der Waals surface area contributed by atoms with Crippen LogP contribution in [0.4, 0.5) is 0 Å². The van der Waals surface area contributed by atoms with Gasteiger partial charge in [-0.15, -0.1) is 0 Å². The number of primary amides is 1. The third-order valence-electron chi connectivity index (χ3n) is 1.89. The predicted octanol–water partition coefficient (Wildman–Crippen LogP) is 0.164. The molecule has 1 fully saturated rings. The molecule has 0 aromatic heterocycles. The van der Waals surface area contributed by atoms with E-state index in [1.54, 1.807) is 0 Å². The Balaban J connectivity index is 2.87. The Morgan fingerprint density at radius 3 is 2.69 bits per heavy atom. The molecule has 0 unspecified atom stereocenters. The average Bonchev–Trinajstić information content (AvgIpc) is 2.47. The van der Waals surface area contributed by atoms with Gasteiger partial charge in [0, 0.05) is 13.0 Å². The van der Waals surface area contributed by atoms with Crippen LogP contribution in [-0.2, 0) is 9.59 Å². The molecule has 0 bridgehead atoms. The highest BCUT2D eigenvalue weighted by Crippen LogP contribution is 2.15. The molecule has 13 heavy (non-hydrogen) atoms. The summed E-state index contributed by atoms with van der Waals surface area (Å²) >= 11 is 0. The van der Waals surface area contributed by atoms with Crippen molar-refractivity contribution in [3.8, 4) is 0 Å². The van der Waals surface area contributed by atoms with Crippen molar-refractivity contribution in [3.05, 3.63) is 24.4 Å². The Labute approximate surface area is 76.7 Å². The Hall–Kier alpha value is -1.58. The van der Waals surface area contributed by atoms with Crippen molar-refractivity contribution in [2.45, 2.75) is 12.8 Å². The minimum Gasteiger partial charge on any atom is -0.364 e. The first-order valence-corrected chi connectivity index (χ1v) is 4.09. The lowest BCUT2D eigenvalue weighted by Crippen LogP contribution is -2.32. The highest BCUT2D eigenvalue weighted by Gasteiger charge is 2.25. The SMILES string of the molecule is C=C/C=C(/C(N)=O)N1CCCC1=O. The van der Waals surface area contributed by atoms with Crippen molar-refractivity contribution in [2.24, 2.45) is 5.73 Å². The molecule has 0 aromatic rings. The van der Waals surface area contributed by atoms with Gasteiger partial charge in [0.05, 0.1) is 0 Å². The van der Waals surface area contributed by atoms with Gasteiger partial charge in [-0.3, -0.25) is 9.59 Å². The third-order valence-corrected chi connectivity index (χ3v) is 1.89. The Morgan fingerprint density at radius 2 is 2.31 bits per heavy atom. The molecule has 4 heteroatoms. The maximum atomic E-state index is 11.2. The molecular weight excluding hydrogens is 168 g/mol. The van der Waals surface area contributed by atoms with Gasteiger partial charge in [0.15, 0.2) is 0 Å². The minimum absolute atomic E-state index is 0.0492. The van der Waals surface area contributed by atoms with E-state index in [0.29, 0.717) is 13.0 Å². The van der Waals surface area contributed by atoms with Gasteiger partial charge in [0.25, 0.3) is 5.91 Å². The molecule has 1 rings (SSSR count). The number of carbonyl (C=O) groups excluding carboxylic acids is 2. The summed E-state index contributed by atoms with van der Waals surface area (Å²) < 4.78 is 0. The van der Waals surface area contributed by atoms with E-state index in [0.717, 1.165) is 6.42 Å². The van der Waals surface area contributed by atoms with Gasteiger partial charge in [0.2, 0.25) is 5.91 Å². The van der Waals surface area contributed by atoms with Crippen LogP contribution >= 0.6 is 0 Å². The lowest BCUT2D eigenvalue weighted by atomic mass is 10.3. The fourth-order valence-electron chi connectivity index (χ4n) is 1.32. The van der Waals surface area contributed by atoms with E-state index in [9.17, 15) is 9.59 Å². The van der Waals surface area contributed by atoms with Crippen LogP contribution in [-0.4, -0.2) is 23.3 Å². The van der Waals surface area contributed by atoms with Crippen LogP contribution < -0.4 is 5.73 Å². The summed E-state index contributed by atoms with van der Waals surface area (Å²) in [5, 5.41) is 0. The topological polar surface area (TPSA) is 63.4 Å². The van der Waals surface area contributed by atoms with E-state index in [1.807, 2.05) is 0 Å². The molecule has 2 amide bonds. The standard InChI is InChI=1S/C9H12N2O2/c1-2-4-7(9(10)13)11-6-3-5-8(11)12/h2,4H,1,3,5-6H2,(H2,10,13)/b7-4-. The van der Waals surface area contributed by atoms with Crippen molar-refractivity contribution in [3.63, 3.8) is 0 Å². The number of amides is 2. The van der Waals surface area contributed by atoms with Crippen molar-refractivity contribution >= 4 is 11.8 Å². The van der Waals surface area contributed by atoms with E-state index in [2.05, 4.69) is 6.58 Å². The molecule has 0 atom stereocenters. The van der Waals surface area contributed by atoms with Crippen molar-refractivity contribution in [1.82, 2.24) is 4.90 Å². The van der Waals surface area contributed by atoms with Gasteiger partial charge in [-0.2, -0.15) is 0 Å². The second-order valence-corrected chi connectivity index (χ2v) is 2.80. The van der Waals surface area contributed by atoms with Crippen LogP contribution in [0.25, 0.3) is 0 Å². The molecule has 1 aliphatic rings. The van der Waals surface area contributed by atoms with Crippen LogP contribution in [0.15, 0.2) is 24.4 Å². The summed E-state index contributed by atoms with van der Waals surface area (Å²) in [6, 6.07) is 0. The number of likely N-dealkylation sites (tertiary alicyclic amines) is 1. The summed E-state index contributed by atoms with van der Waals surface area (Å²) in [5.41, 5.74) is 5.35. The number of carbonyl (C=O) groups is 2. The third kappa shape index (κ3) is 1.96. The van der Waals surface area contributed by atoms with Crippen molar-refractivity contribution in [1.29, 1.82) is 0 Å². The van der Waals surface area contributed by atoms with Crippen LogP contribution in [0.1, 0.15) is 12.8 Å². The van der Waals surface area contributed by atoms with Crippen LogP contribution in [0.2, 0.25) is 0 Å². The Bertz CT molecular complexity index is 281. The maximum absolute atomic E-state index is 11.2. The predicted molar refractivity (Wildman–Crippen MR) is 48.4 cm³/mol. The number of hydrogen-bond donors (Lipinski definition) is 1. The summed E-state index contributed by atoms with van der Waals surface area (Å²) in [6.45, 7) is 4.03. The molecule has 1 saturated heterocycles. The molecule has 1 aliphatic heterocycles. The second kappa shape index (κ2) is 3.89. The fraction of sp³-hybridized carbons (Fsp3) is 0.333. The molecule has 0 saturated carbocycles. The zero-order valence-electron chi connectivity index (χ0n) is 7.32. The van der Waals surface area contributed by atoms with Gasteiger partial charge in [-0.1, -0.05) is 12.7 Å². The number of hydrogen-bond acceptors (Lipinski definition) is 2. The average molecular weight is 180 g/mol. The molecule has 0 aliphatic carbocycles. The molecule has 70 valence electrons. The van der Waals surface area contributed by atoms with E-state index in [1.165, 1.54) is 17.1 Å². The van der Waals surface area contributed by atoms with Gasteiger partial charge in [-0.25, -0.2) is 0 Å². The van der Waals surface area contributed by atoms with E-state index in [-0.39, 0.29) is 11.6 Å². The first-order chi connectivity index (χ1) is 6.16. The second-order valence-electron chi connectivity index (χ2n) is 2.80. The molecule has 0 aromatic carbocycles. The van der Waals surface area contributed by atoms with Crippen LogP contribution in [0.3, 0.4) is 0 Å². The van der Waals surface area contributed by atoms with Gasteiger partial charge < -0.3 is 10.6 Å². The quantitative estimate of drug-likeness (QED) is 0.497. The smallest absolute Gasteiger partial charge is 0.265 e. The molecule has 1 heterocycles. The first kappa shape index (κ1) is 9.51. The van der Waals surface area contributed by atoms with E-state index >= 15 is 0 Å². The first-order valence-electron chi connectivity index (χ1n) is 4.09. The summed E-state index contributed by atoms with van der Waals surface area (Å²) in [4.78, 5) is 23.6. The zero-order chi connectivity index (χ0) is 9.84. The maximum Gasteiger partial charge on any atom is 0.265 e. The fourth-order valence-corrected chi connectivity index (χ4v) is 1.32. The van der Waals surface area contributed by atoms with Crippen LogP contribution in [0.5, 0.6) is 0 Å². The molecular formula is C9H12N2O2. The molecule has 2 N–H and O–H groups in total. The highest BCUT2D eigenvalue weighted by molar-refractivity contribution is 5.97. The number of nitrogens with two attached hydrogens (primary N) is 1.